The minimum Gasteiger partial charge on any atom is -0.504 e. The number of carboxylic acid groups (broad SMARTS) is 1. The summed E-state index contributed by atoms with van der Waals surface area (Å²) < 4.78 is 0.328. The molecule has 13 heavy (non-hydrogen) atoms. The van der Waals surface area contributed by atoms with E-state index in [4.69, 9.17) is 5.11 Å². The lowest BCUT2D eigenvalue weighted by molar-refractivity contribution is 0.0693. The molecule has 1 rings (SSSR count). The lowest BCUT2D eigenvalue weighted by Crippen LogP contribution is -2.02. The van der Waals surface area contributed by atoms with E-state index in [0.29, 0.717) is 15.8 Å². The summed E-state index contributed by atoms with van der Waals surface area (Å²) in [5.74, 6) is -1.39. The number of hydrogen-bond acceptors (Lipinski definition) is 3. The summed E-state index contributed by atoms with van der Waals surface area (Å²) in [5.41, 5.74) is 0.579. The van der Waals surface area contributed by atoms with E-state index in [1.54, 1.807) is 0 Å². The van der Waals surface area contributed by atoms with E-state index in [2.05, 4.69) is 4.98 Å². The van der Waals surface area contributed by atoms with Crippen molar-refractivity contribution in [1.29, 1.82) is 0 Å². The van der Waals surface area contributed by atoms with Gasteiger partial charge < -0.3 is 10.2 Å². The van der Waals surface area contributed by atoms with Crippen LogP contribution in [-0.4, -0.2) is 21.2 Å². The van der Waals surface area contributed by atoms with Gasteiger partial charge in [-0.2, -0.15) is 0 Å². The third-order valence-corrected chi connectivity index (χ3v) is 2.35. The van der Waals surface area contributed by atoms with Gasteiger partial charge in [0.05, 0.1) is 0 Å². The van der Waals surface area contributed by atoms with Gasteiger partial charge in [-0.15, -0.1) is 0 Å². The summed E-state index contributed by atoms with van der Waals surface area (Å²) in [6.07, 6.45) is 0.649. The minimum atomic E-state index is -1.13. The second-order valence-corrected chi connectivity index (χ2v) is 3.48. The molecule has 0 aliphatic carbocycles. The molecular formula is C8H8INO3. The van der Waals surface area contributed by atoms with E-state index < -0.39 is 5.97 Å². The third kappa shape index (κ3) is 2.09. The van der Waals surface area contributed by atoms with E-state index >= 15 is 0 Å². The number of aromatic hydroxyl groups is 1. The highest BCUT2D eigenvalue weighted by Gasteiger charge is 2.14. The molecule has 0 unspecified atom stereocenters. The van der Waals surface area contributed by atoms with Crippen molar-refractivity contribution in [1.82, 2.24) is 4.98 Å². The van der Waals surface area contributed by atoms with E-state index in [1.165, 1.54) is 6.07 Å². The van der Waals surface area contributed by atoms with Gasteiger partial charge >= 0.3 is 5.97 Å². The first-order valence-electron chi connectivity index (χ1n) is 3.68. The summed E-state index contributed by atoms with van der Waals surface area (Å²) in [5, 5.41) is 18.1. The van der Waals surface area contributed by atoms with Gasteiger partial charge in [0.15, 0.2) is 5.75 Å². The van der Waals surface area contributed by atoms with Crippen molar-refractivity contribution in [3.63, 3.8) is 0 Å². The molecule has 0 saturated carbocycles. The second-order valence-electron chi connectivity index (χ2n) is 2.46. The first-order valence-corrected chi connectivity index (χ1v) is 4.75. The minimum absolute atomic E-state index is 0.0868. The monoisotopic (exact) mass is 293 g/mol. The molecule has 0 bridgehead atoms. The number of aromatic carboxylic acids is 1. The van der Waals surface area contributed by atoms with Crippen LogP contribution < -0.4 is 0 Å². The number of aryl methyl sites for hydroxylation is 1. The van der Waals surface area contributed by atoms with Crippen LogP contribution in [0.2, 0.25) is 0 Å². The van der Waals surface area contributed by atoms with Gasteiger partial charge in [-0.1, -0.05) is 6.92 Å². The second kappa shape index (κ2) is 3.91. The van der Waals surface area contributed by atoms with Crippen LogP contribution in [0.3, 0.4) is 0 Å². The molecule has 0 aliphatic rings. The standard InChI is InChI=1S/C8H8INO3/c1-2-4-3-5(8(12)13)6(11)7(9)10-4/h3,11H,2H2,1H3,(H,12,13). The van der Waals surface area contributed by atoms with Crippen molar-refractivity contribution in [2.24, 2.45) is 0 Å². The van der Waals surface area contributed by atoms with Gasteiger partial charge in [0.25, 0.3) is 0 Å². The Morgan fingerprint density at radius 2 is 2.31 bits per heavy atom. The molecule has 0 saturated heterocycles. The largest absolute Gasteiger partial charge is 0.504 e. The maximum absolute atomic E-state index is 10.7. The lowest BCUT2D eigenvalue weighted by atomic mass is 10.2. The van der Waals surface area contributed by atoms with E-state index in [0.717, 1.165) is 0 Å². The predicted octanol–water partition coefficient (Wildman–Crippen LogP) is 1.65. The Hall–Kier alpha value is -0.850. The van der Waals surface area contributed by atoms with Gasteiger partial charge in [0, 0.05) is 5.69 Å². The molecule has 1 aromatic rings. The number of halogens is 1. The molecule has 2 N–H and O–H groups in total. The Balaban J connectivity index is 3.33. The average molecular weight is 293 g/mol. The number of rotatable bonds is 2. The average Bonchev–Trinajstić information content (AvgIpc) is 2.09. The topological polar surface area (TPSA) is 70.4 Å². The lowest BCUT2D eigenvalue weighted by Gasteiger charge is -2.03. The van der Waals surface area contributed by atoms with Crippen LogP contribution >= 0.6 is 22.6 Å². The Morgan fingerprint density at radius 3 is 2.77 bits per heavy atom. The molecule has 0 aromatic carbocycles. The Bertz CT molecular complexity index is 351. The Morgan fingerprint density at radius 1 is 1.69 bits per heavy atom. The molecule has 70 valence electrons. The first kappa shape index (κ1) is 10.2. The number of carboxylic acids is 1. The SMILES string of the molecule is CCc1cc(C(=O)O)c(O)c(I)n1. The highest BCUT2D eigenvalue weighted by molar-refractivity contribution is 14.1. The van der Waals surface area contributed by atoms with Gasteiger partial charge in [-0.25, -0.2) is 9.78 Å². The smallest absolute Gasteiger partial charge is 0.339 e. The third-order valence-electron chi connectivity index (χ3n) is 1.60. The van der Waals surface area contributed by atoms with Crippen LogP contribution in [0.15, 0.2) is 6.07 Å². The number of aromatic nitrogens is 1. The van der Waals surface area contributed by atoms with Crippen molar-refractivity contribution in [3.05, 3.63) is 21.0 Å². The summed E-state index contributed by atoms with van der Waals surface area (Å²) in [6.45, 7) is 1.88. The number of hydrogen-bond donors (Lipinski definition) is 2. The molecule has 0 spiro atoms. The van der Waals surface area contributed by atoms with Crippen molar-refractivity contribution >= 4 is 28.6 Å². The van der Waals surface area contributed by atoms with Gasteiger partial charge in [-0.3, -0.25) is 0 Å². The van der Waals surface area contributed by atoms with Crippen molar-refractivity contribution in [3.8, 4) is 5.75 Å². The quantitative estimate of drug-likeness (QED) is 0.642. The zero-order valence-electron chi connectivity index (χ0n) is 6.91. The molecule has 1 heterocycles. The number of carbonyl (C=O) groups is 1. The van der Waals surface area contributed by atoms with Crippen molar-refractivity contribution in [2.45, 2.75) is 13.3 Å². The molecule has 1 aromatic heterocycles. The van der Waals surface area contributed by atoms with E-state index in [-0.39, 0.29) is 11.3 Å². The summed E-state index contributed by atoms with van der Waals surface area (Å²) in [6, 6.07) is 1.39. The predicted molar refractivity (Wildman–Crippen MR) is 55.0 cm³/mol. The maximum atomic E-state index is 10.7. The molecule has 0 fully saturated rings. The van der Waals surface area contributed by atoms with Crippen LogP contribution in [0.5, 0.6) is 5.75 Å². The van der Waals surface area contributed by atoms with Crippen molar-refractivity contribution in [2.75, 3.05) is 0 Å². The molecule has 0 radical (unpaired) electrons. The fraction of sp³-hybridized carbons (Fsp3) is 0.250. The molecule has 0 amide bonds. The zero-order chi connectivity index (χ0) is 10.0. The highest BCUT2D eigenvalue weighted by atomic mass is 127. The van der Waals surface area contributed by atoms with Gasteiger partial charge in [0.1, 0.15) is 9.26 Å². The fourth-order valence-corrected chi connectivity index (χ4v) is 1.50. The molecular weight excluding hydrogens is 285 g/mol. The van der Waals surface area contributed by atoms with Crippen LogP contribution in [-0.2, 0) is 6.42 Å². The molecule has 5 heteroatoms. The van der Waals surface area contributed by atoms with E-state index in [1.807, 2.05) is 29.5 Å². The Kier molecular flexibility index (Phi) is 3.07. The van der Waals surface area contributed by atoms with Crippen molar-refractivity contribution < 1.29 is 15.0 Å². The zero-order valence-corrected chi connectivity index (χ0v) is 9.07. The summed E-state index contributed by atoms with van der Waals surface area (Å²) in [4.78, 5) is 14.7. The highest BCUT2D eigenvalue weighted by Crippen LogP contribution is 2.23. The van der Waals surface area contributed by atoms with Gasteiger partial charge in [-0.05, 0) is 35.1 Å². The number of nitrogens with zero attached hydrogens (tertiary/aromatic N) is 1. The van der Waals surface area contributed by atoms with Crippen LogP contribution in [0.25, 0.3) is 0 Å². The summed E-state index contributed by atoms with van der Waals surface area (Å²) >= 11 is 1.81. The first-order chi connectivity index (χ1) is 6.06. The molecule has 4 nitrogen and oxygen atoms in total. The maximum Gasteiger partial charge on any atom is 0.339 e. The van der Waals surface area contributed by atoms with Gasteiger partial charge in [0.2, 0.25) is 0 Å². The van der Waals surface area contributed by atoms with Crippen LogP contribution in [0.1, 0.15) is 23.0 Å². The molecule has 0 atom stereocenters. The van der Waals surface area contributed by atoms with Crippen LogP contribution in [0.4, 0.5) is 0 Å². The Labute approximate surface area is 88.8 Å². The normalized spacial score (nSPS) is 10.0. The summed E-state index contributed by atoms with van der Waals surface area (Å²) in [7, 11) is 0. The molecule has 0 aliphatic heterocycles. The van der Waals surface area contributed by atoms with E-state index in [9.17, 15) is 9.90 Å². The van der Waals surface area contributed by atoms with Crippen LogP contribution in [0, 0.1) is 3.70 Å². The fourth-order valence-electron chi connectivity index (χ4n) is 0.902. The number of pyridine rings is 1.